The first-order valence-electron chi connectivity index (χ1n) is 11.4. The molecule has 0 aliphatic rings. The third-order valence-electron chi connectivity index (χ3n) is 5.60. The Morgan fingerprint density at radius 3 is 2.17 bits per heavy atom. The number of carbonyl (C=O) groups is 2. The van der Waals surface area contributed by atoms with Crippen LogP contribution < -0.4 is 9.47 Å². The number of ether oxygens (including phenoxy) is 2. The van der Waals surface area contributed by atoms with E-state index in [0.717, 1.165) is 33.0 Å². The van der Waals surface area contributed by atoms with Crippen molar-refractivity contribution in [1.29, 1.82) is 0 Å². The number of nitrogens with zero attached hydrogens (tertiary/aromatic N) is 3. The molecule has 0 spiro atoms. The topological polar surface area (TPSA) is 92.2 Å². The lowest BCUT2D eigenvalue weighted by Gasteiger charge is -2.21. The maximum absolute atomic E-state index is 11.7. The predicted molar refractivity (Wildman–Crippen MR) is 144 cm³/mol. The average Bonchev–Trinajstić information content (AvgIpc) is 3.25. The fourth-order valence-electron chi connectivity index (χ4n) is 3.42. The smallest absolute Gasteiger partial charge is 0.356 e. The van der Waals surface area contributed by atoms with E-state index in [9.17, 15) is 9.59 Å². The second-order valence-electron chi connectivity index (χ2n) is 8.55. The molecule has 1 aromatic heterocycles. The van der Waals surface area contributed by atoms with Crippen LogP contribution in [0, 0.1) is 20.8 Å². The Hall–Kier alpha value is -3.59. The molecule has 194 valence electrons. The average molecular weight is 514 g/mol. The molecule has 0 aliphatic carbocycles. The summed E-state index contributed by atoms with van der Waals surface area (Å²) in [5, 5.41) is 9.88. The van der Waals surface area contributed by atoms with E-state index < -0.39 is 5.97 Å². The molecule has 9 heteroatoms. The van der Waals surface area contributed by atoms with Gasteiger partial charge in [-0.05, 0) is 61.6 Å². The molecule has 0 aliphatic heterocycles. The number of benzene rings is 2. The Labute approximate surface area is 217 Å². The van der Waals surface area contributed by atoms with Crippen molar-refractivity contribution in [3.63, 3.8) is 0 Å². The highest BCUT2D eigenvalue weighted by Gasteiger charge is 2.17. The number of methoxy groups -OCH3 is 2. The maximum Gasteiger partial charge on any atom is 0.356 e. The van der Waals surface area contributed by atoms with Crippen LogP contribution in [0.25, 0.3) is 10.4 Å². The lowest BCUT2D eigenvalue weighted by atomic mass is 10.0. The van der Waals surface area contributed by atoms with Gasteiger partial charge in [-0.15, -0.1) is 11.3 Å². The van der Waals surface area contributed by atoms with E-state index in [-0.39, 0.29) is 11.7 Å². The molecule has 0 radical (unpaired) electrons. The first-order chi connectivity index (χ1) is 17.0. The van der Waals surface area contributed by atoms with Crippen molar-refractivity contribution in [1.82, 2.24) is 14.8 Å². The minimum atomic E-state index is -0.970. The van der Waals surface area contributed by atoms with E-state index in [1.807, 2.05) is 57.2 Å². The van der Waals surface area contributed by atoms with Crippen molar-refractivity contribution in [2.24, 2.45) is 0 Å². The van der Waals surface area contributed by atoms with Crippen LogP contribution in [0.5, 0.6) is 11.5 Å². The Kier molecular flexibility index (Phi) is 10.3. The van der Waals surface area contributed by atoms with Gasteiger partial charge in [0, 0.05) is 27.7 Å². The predicted octanol–water partition coefficient (Wildman–Crippen LogP) is 5.29. The van der Waals surface area contributed by atoms with Gasteiger partial charge < -0.3 is 24.4 Å². The summed E-state index contributed by atoms with van der Waals surface area (Å²) in [6.45, 7) is 6.54. The summed E-state index contributed by atoms with van der Waals surface area (Å²) >= 11 is 1.42. The van der Waals surface area contributed by atoms with Gasteiger partial charge in [0.05, 0.1) is 24.1 Å². The van der Waals surface area contributed by atoms with Gasteiger partial charge in [0.25, 0.3) is 0 Å². The number of amides is 2. The summed E-state index contributed by atoms with van der Waals surface area (Å²) in [6, 6.07) is 11.8. The molecular formula is C27H35N3O5S. The Morgan fingerprint density at radius 2 is 1.61 bits per heavy atom. The lowest BCUT2D eigenvalue weighted by molar-refractivity contribution is 0.0692. The molecule has 1 N–H and O–H groups in total. The third-order valence-corrected chi connectivity index (χ3v) is 6.62. The number of hydrogen-bond acceptors (Lipinski definition) is 6. The number of urea groups is 1. The van der Waals surface area contributed by atoms with Crippen molar-refractivity contribution in [2.45, 2.75) is 27.2 Å². The van der Waals surface area contributed by atoms with Crippen LogP contribution in [0.15, 0.2) is 36.4 Å². The number of aromatic nitrogens is 1. The molecule has 2 aromatic carbocycles. The van der Waals surface area contributed by atoms with Gasteiger partial charge in [-0.2, -0.15) is 0 Å². The first kappa shape index (κ1) is 28.6. The van der Waals surface area contributed by atoms with Gasteiger partial charge >= 0.3 is 12.0 Å². The summed E-state index contributed by atoms with van der Waals surface area (Å²) in [5.74, 6) is 0.452. The SMILES string of the molecule is COc1ccc(CCN(C)C(=O)N(C)C)cc1OC.Cc1nc(C(=O)O)c(-c2ccc(C)c(C)c2)s1. The van der Waals surface area contributed by atoms with Gasteiger partial charge in [0.15, 0.2) is 17.2 Å². The van der Waals surface area contributed by atoms with E-state index in [1.165, 1.54) is 16.9 Å². The lowest BCUT2D eigenvalue weighted by Crippen LogP contribution is -2.37. The number of hydrogen-bond donors (Lipinski definition) is 1. The van der Waals surface area contributed by atoms with Crippen LogP contribution in [-0.2, 0) is 6.42 Å². The summed E-state index contributed by atoms with van der Waals surface area (Å²) in [7, 11) is 8.51. The number of thiazole rings is 1. The molecule has 36 heavy (non-hydrogen) atoms. The standard InChI is InChI=1S/C14H22N2O3.C13H13NO2S/c1-15(2)14(17)16(3)9-8-11-6-7-12(18-4)13(10-11)19-5;1-7-4-5-10(6-8(7)2)12-11(13(15)16)14-9(3)17-12/h6-7,10H,8-9H2,1-5H3;4-6H,1-3H3,(H,15,16). The number of aryl methyl sites for hydroxylation is 3. The molecule has 0 saturated carbocycles. The van der Waals surface area contributed by atoms with Crippen molar-refractivity contribution >= 4 is 23.3 Å². The Balaban J connectivity index is 0.000000255. The minimum Gasteiger partial charge on any atom is -0.493 e. The molecule has 0 bridgehead atoms. The van der Waals surface area contributed by atoms with Crippen LogP contribution in [0.2, 0.25) is 0 Å². The van der Waals surface area contributed by atoms with Crippen LogP contribution >= 0.6 is 11.3 Å². The molecule has 3 rings (SSSR count). The molecule has 0 atom stereocenters. The number of rotatable bonds is 7. The summed E-state index contributed by atoms with van der Waals surface area (Å²) in [4.78, 5) is 30.8. The van der Waals surface area contributed by atoms with Gasteiger partial charge in [0.1, 0.15) is 0 Å². The van der Waals surface area contributed by atoms with Crippen molar-refractivity contribution in [3.05, 3.63) is 63.8 Å². The van der Waals surface area contributed by atoms with Gasteiger partial charge in [-0.25, -0.2) is 14.6 Å². The molecule has 1 heterocycles. The number of carboxylic acid groups (broad SMARTS) is 1. The third kappa shape index (κ3) is 7.45. The monoisotopic (exact) mass is 513 g/mol. The zero-order valence-electron chi connectivity index (χ0n) is 22.2. The highest BCUT2D eigenvalue weighted by atomic mass is 32.1. The Morgan fingerprint density at radius 1 is 0.944 bits per heavy atom. The summed E-state index contributed by atoms with van der Waals surface area (Å²) in [6.07, 6.45) is 0.774. The fraction of sp³-hybridized carbons (Fsp3) is 0.370. The summed E-state index contributed by atoms with van der Waals surface area (Å²) in [5.41, 5.74) is 4.54. The molecule has 2 amide bonds. The zero-order valence-corrected chi connectivity index (χ0v) is 23.0. The van der Waals surface area contributed by atoms with Crippen LogP contribution in [0.3, 0.4) is 0 Å². The minimum absolute atomic E-state index is 0.000441. The molecule has 8 nitrogen and oxygen atoms in total. The number of carboxylic acids is 1. The van der Waals surface area contributed by atoms with Crippen molar-refractivity contribution in [2.75, 3.05) is 41.9 Å². The number of aromatic carboxylic acids is 1. The van der Waals surface area contributed by atoms with Crippen LogP contribution in [0.1, 0.15) is 32.2 Å². The van der Waals surface area contributed by atoms with E-state index in [1.54, 1.807) is 45.2 Å². The molecule has 0 saturated heterocycles. The first-order valence-corrected chi connectivity index (χ1v) is 12.2. The number of likely N-dealkylation sites (N-methyl/N-ethyl adjacent to an activating group) is 1. The normalized spacial score (nSPS) is 10.2. The van der Waals surface area contributed by atoms with Crippen molar-refractivity contribution < 1.29 is 24.2 Å². The second-order valence-corrected chi connectivity index (χ2v) is 9.76. The van der Waals surface area contributed by atoms with Gasteiger partial charge in [0.2, 0.25) is 0 Å². The van der Waals surface area contributed by atoms with E-state index in [0.29, 0.717) is 18.0 Å². The van der Waals surface area contributed by atoms with Crippen LogP contribution in [0.4, 0.5) is 4.79 Å². The maximum atomic E-state index is 11.7. The second kappa shape index (κ2) is 12.9. The largest absolute Gasteiger partial charge is 0.493 e. The zero-order chi connectivity index (χ0) is 27.0. The van der Waals surface area contributed by atoms with Gasteiger partial charge in [-0.1, -0.05) is 24.3 Å². The van der Waals surface area contributed by atoms with E-state index in [2.05, 4.69) is 4.98 Å². The summed E-state index contributed by atoms with van der Waals surface area (Å²) < 4.78 is 10.4. The highest BCUT2D eigenvalue weighted by Crippen LogP contribution is 2.31. The molecular weight excluding hydrogens is 478 g/mol. The van der Waals surface area contributed by atoms with Gasteiger partial charge in [-0.3, -0.25) is 0 Å². The van der Waals surface area contributed by atoms with E-state index in [4.69, 9.17) is 14.6 Å². The van der Waals surface area contributed by atoms with Crippen LogP contribution in [-0.4, -0.2) is 73.8 Å². The van der Waals surface area contributed by atoms with E-state index >= 15 is 0 Å². The quantitative estimate of drug-likeness (QED) is 0.461. The molecule has 3 aromatic rings. The number of carbonyl (C=O) groups excluding carboxylic acids is 1. The molecule has 0 unspecified atom stereocenters. The Bertz CT molecular complexity index is 1210. The fourth-order valence-corrected chi connectivity index (χ4v) is 4.33. The highest BCUT2D eigenvalue weighted by molar-refractivity contribution is 7.15. The molecule has 0 fully saturated rings. The van der Waals surface area contributed by atoms with Crippen molar-refractivity contribution in [3.8, 4) is 21.9 Å².